The number of benzene rings is 1. The zero-order valence-corrected chi connectivity index (χ0v) is 10.6. The van der Waals surface area contributed by atoms with Gasteiger partial charge in [-0.1, -0.05) is 6.07 Å². The van der Waals surface area contributed by atoms with Gasteiger partial charge in [-0.3, -0.25) is 4.57 Å². The second-order valence-corrected chi connectivity index (χ2v) is 4.58. The molecule has 2 rings (SSSR count). The molecule has 4 nitrogen and oxygen atoms in total. The molecular weight excluding hydrogens is 259 g/mol. The smallest absolute Gasteiger partial charge is 0.308 e. The Morgan fingerprint density at radius 1 is 1.32 bits per heavy atom. The lowest BCUT2D eigenvalue weighted by atomic mass is 10.2. The maximum Gasteiger partial charge on any atom is 0.418 e. The van der Waals surface area contributed by atoms with Crippen LogP contribution in [0, 0.1) is 0 Å². The topological polar surface area (TPSA) is 41.0 Å². The molecular formula is C12H14F3N3O. The number of aromatic amines is 1. The average Bonchev–Trinajstić information content (AvgIpc) is 2.60. The molecule has 0 aliphatic rings. The summed E-state index contributed by atoms with van der Waals surface area (Å²) < 4.78 is 39.8. The van der Waals surface area contributed by atoms with Crippen LogP contribution in [0.25, 0.3) is 11.0 Å². The molecule has 0 atom stereocenters. The summed E-state index contributed by atoms with van der Waals surface area (Å²) in [6.45, 7) is 0.913. The largest absolute Gasteiger partial charge is 0.418 e. The van der Waals surface area contributed by atoms with Gasteiger partial charge in [0.1, 0.15) is 0 Å². The third-order valence-corrected chi connectivity index (χ3v) is 2.89. The fraction of sp³-hybridized carbons (Fsp3) is 0.417. The van der Waals surface area contributed by atoms with E-state index in [-0.39, 0.29) is 11.0 Å². The first kappa shape index (κ1) is 13.7. The van der Waals surface area contributed by atoms with Crippen molar-refractivity contribution in [2.24, 2.45) is 0 Å². The van der Waals surface area contributed by atoms with E-state index in [1.165, 1.54) is 16.7 Å². The number of H-pyrrole nitrogens is 1. The zero-order chi connectivity index (χ0) is 14.2. The van der Waals surface area contributed by atoms with Gasteiger partial charge in [-0.05, 0) is 26.2 Å². The van der Waals surface area contributed by atoms with E-state index in [4.69, 9.17) is 0 Å². The number of likely N-dealkylation sites (N-methyl/N-ethyl adjacent to an activating group) is 1. The standard InChI is InChI=1S/C12H14F3N3O/c1-17(2)6-7-18-9-5-3-4-8(12(13,14)15)10(9)16-11(18)19/h3-5H,6-7H2,1-2H3,(H,16,19). The minimum atomic E-state index is -4.48. The first-order valence-corrected chi connectivity index (χ1v) is 5.74. The number of hydrogen-bond donors (Lipinski definition) is 1. The molecule has 7 heteroatoms. The highest BCUT2D eigenvalue weighted by Crippen LogP contribution is 2.33. The molecule has 1 N–H and O–H groups in total. The van der Waals surface area contributed by atoms with Crippen LogP contribution >= 0.6 is 0 Å². The summed E-state index contributed by atoms with van der Waals surface area (Å²) in [5.74, 6) is 0. The van der Waals surface area contributed by atoms with Crippen molar-refractivity contribution in [1.29, 1.82) is 0 Å². The second-order valence-electron chi connectivity index (χ2n) is 4.58. The van der Waals surface area contributed by atoms with Gasteiger partial charge in [0.15, 0.2) is 0 Å². The van der Waals surface area contributed by atoms with Crippen LogP contribution in [0.5, 0.6) is 0 Å². The Labute approximate surface area is 107 Å². The van der Waals surface area contributed by atoms with Gasteiger partial charge >= 0.3 is 11.9 Å². The molecule has 0 saturated heterocycles. The van der Waals surface area contributed by atoms with Crippen LogP contribution < -0.4 is 5.69 Å². The predicted molar refractivity (Wildman–Crippen MR) is 66.1 cm³/mol. The van der Waals surface area contributed by atoms with Gasteiger partial charge in [-0.15, -0.1) is 0 Å². The van der Waals surface area contributed by atoms with E-state index in [9.17, 15) is 18.0 Å². The van der Waals surface area contributed by atoms with E-state index in [1.54, 1.807) is 0 Å². The van der Waals surface area contributed by atoms with Crippen molar-refractivity contribution in [2.75, 3.05) is 20.6 Å². The molecule has 0 spiro atoms. The van der Waals surface area contributed by atoms with E-state index in [0.717, 1.165) is 6.07 Å². The number of alkyl halides is 3. The Morgan fingerprint density at radius 2 is 2.00 bits per heavy atom. The van der Waals surface area contributed by atoms with Gasteiger partial charge in [-0.2, -0.15) is 13.2 Å². The number of para-hydroxylation sites is 1. The number of rotatable bonds is 3. The Hall–Kier alpha value is -1.76. The highest BCUT2D eigenvalue weighted by atomic mass is 19.4. The highest BCUT2D eigenvalue weighted by molar-refractivity contribution is 5.79. The monoisotopic (exact) mass is 273 g/mol. The quantitative estimate of drug-likeness (QED) is 0.928. The lowest BCUT2D eigenvalue weighted by Gasteiger charge is -2.11. The lowest BCUT2D eigenvalue weighted by Crippen LogP contribution is -2.24. The number of halogens is 3. The van der Waals surface area contributed by atoms with E-state index in [0.29, 0.717) is 13.1 Å². The van der Waals surface area contributed by atoms with Crippen LogP contribution in [0.4, 0.5) is 13.2 Å². The minimum absolute atomic E-state index is 0.154. The van der Waals surface area contributed by atoms with Gasteiger partial charge in [0.25, 0.3) is 0 Å². The number of nitrogens with zero attached hydrogens (tertiary/aromatic N) is 2. The van der Waals surface area contributed by atoms with Crippen LogP contribution in [0.1, 0.15) is 5.56 Å². The van der Waals surface area contributed by atoms with Crippen LogP contribution in [-0.2, 0) is 12.7 Å². The third kappa shape index (κ3) is 2.65. The zero-order valence-electron chi connectivity index (χ0n) is 10.6. The minimum Gasteiger partial charge on any atom is -0.308 e. The molecule has 104 valence electrons. The molecule has 19 heavy (non-hydrogen) atoms. The normalized spacial score (nSPS) is 12.5. The predicted octanol–water partition coefficient (Wildman–Crippen LogP) is 1.91. The first-order valence-electron chi connectivity index (χ1n) is 5.74. The van der Waals surface area contributed by atoms with E-state index < -0.39 is 17.4 Å². The Morgan fingerprint density at radius 3 is 2.58 bits per heavy atom. The summed E-state index contributed by atoms with van der Waals surface area (Å²) in [6.07, 6.45) is -4.48. The fourth-order valence-corrected chi connectivity index (χ4v) is 1.94. The number of fused-ring (bicyclic) bond motifs is 1. The maximum absolute atomic E-state index is 12.8. The summed E-state index contributed by atoms with van der Waals surface area (Å²) in [7, 11) is 3.67. The van der Waals surface area contributed by atoms with E-state index in [2.05, 4.69) is 4.98 Å². The van der Waals surface area contributed by atoms with Crippen LogP contribution in [0.15, 0.2) is 23.0 Å². The molecule has 2 aromatic rings. The van der Waals surface area contributed by atoms with Gasteiger partial charge < -0.3 is 9.88 Å². The first-order chi connectivity index (χ1) is 8.80. The highest BCUT2D eigenvalue weighted by Gasteiger charge is 2.33. The summed E-state index contributed by atoms with van der Waals surface area (Å²) >= 11 is 0. The number of imidazole rings is 1. The van der Waals surface area contributed by atoms with Crippen molar-refractivity contribution in [3.63, 3.8) is 0 Å². The van der Waals surface area contributed by atoms with Crippen LogP contribution in [0.3, 0.4) is 0 Å². The van der Waals surface area contributed by atoms with Gasteiger partial charge in [0.05, 0.1) is 16.6 Å². The average molecular weight is 273 g/mol. The molecule has 0 saturated carbocycles. The fourth-order valence-electron chi connectivity index (χ4n) is 1.94. The van der Waals surface area contributed by atoms with Crippen molar-refractivity contribution in [2.45, 2.75) is 12.7 Å². The molecule has 0 fully saturated rings. The molecule has 0 amide bonds. The number of nitrogens with one attached hydrogen (secondary N) is 1. The van der Waals surface area contributed by atoms with Crippen molar-refractivity contribution in [1.82, 2.24) is 14.5 Å². The molecule has 1 heterocycles. The Bertz CT molecular complexity index is 640. The third-order valence-electron chi connectivity index (χ3n) is 2.89. The van der Waals surface area contributed by atoms with Gasteiger partial charge in [0.2, 0.25) is 0 Å². The maximum atomic E-state index is 12.8. The Kier molecular flexibility index (Phi) is 3.40. The van der Waals surface area contributed by atoms with Crippen molar-refractivity contribution in [3.05, 3.63) is 34.2 Å². The van der Waals surface area contributed by atoms with Crippen molar-refractivity contribution < 1.29 is 13.2 Å². The molecule has 0 unspecified atom stereocenters. The molecule has 0 radical (unpaired) electrons. The Balaban J connectivity index is 2.56. The molecule has 0 aliphatic heterocycles. The number of aromatic nitrogens is 2. The molecule has 1 aromatic heterocycles. The summed E-state index contributed by atoms with van der Waals surface area (Å²) in [5.41, 5.74) is -1.21. The summed E-state index contributed by atoms with van der Waals surface area (Å²) in [4.78, 5) is 15.9. The molecule has 0 aliphatic carbocycles. The molecule has 1 aromatic carbocycles. The van der Waals surface area contributed by atoms with E-state index in [1.807, 2.05) is 19.0 Å². The van der Waals surface area contributed by atoms with Gasteiger partial charge in [0, 0.05) is 13.1 Å². The number of hydrogen-bond acceptors (Lipinski definition) is 2. The van der Waals surface area contributed by atoms with Crippen molar-refractivity contribution in [3.8, 4) is 0 Å². The van der Waals surface area contributed by atoms with Crippen molar-refractivity contribution >= 4 is 11.0 Å². The molecule has 0 bridgehead atoms. The van der Waals surface area contributed by atoms with Gasteiger partial charge in [-0.25, -0.2) is 4.79 Å². The van der Waals surface area contributed by atoms with E-state index >= 15 is 0 Å². The summed E-state index contributed by atoms with van der Waals surface area (Å²) in [5, 5.41) is 0. The van der Waals surface area contributed by atoms with Crippen LogP contribution in [0.2, 0.25) is 0 Å². The SMILES string of the molecule is CN(C)CCn1c(=O)[nH]c2c(C(F)(F)F)cccc21. The second kappa shape index (κ2) is 4.73. The summed E-state index contributed by atoms with van der Waals surface area (Å²) in [6, 6.07) is 3.79. The van der Waals surface area contributed by atoms with Crippen LogP contribution in [-0.4, -0.2) is 35.1 Å². The lowest BCUT2D eigenvalue weighted by molar-refractivity contribution is -0.136.